The minimum Gasteiger partial charge on any atom is -0.480 e. The molecule has 0 saturated carbocycles. The van der Waals surface area contributed by atoms with Crippen molar-refractivity contribution < 1.29 is 19.4 Å². The van der Waals surface area contributed by atoms with Gasteiger partial charge in [0.2, 0.25) is 5.91 Å². The maximum Gasteiger partial charge on any atom is 0.326 e. The standard InChI is InChI=1S/C16H18N2O4S2/c19-13(18-14(15(20)21)10-4-3-7-22-8-10)9-23-16-17-11-5-1-2-6-12(11)24-16/h1-2,5-6,10,14H,3-4,7-9H2,(H,18,19)(H,20,21). The highest BCUT2D eigenvalue weighted by Gasteiger charge is 2.31. The Labute approximate surface area is 147 Å². The Hall–Kier alpha value is -1.64. The SMILES string of the molecule is O=C(CSc1nc2ccccc2s1)NC(C(=O)O)C1CCCOC1. The molecular formula is C16H18N2O4S2. The minimum absolute atomic E-state index is 0.150. The van der Waals surface area contributed by atoms with Gasteiger partial charge in [-0.3, -0.25) is 4.79 Å². The quantitative estimate of drug-likeness (QED) is 0.763. The number of amides is 1. The third-order valence-electron chi connectivity index (χ3n) is 3.85. The maximum absolute atomic E-state index is 12.1. The molecule has 0 spiro atoms. The van der Waals surface area contributed by atoms with Crippen LogP contribution < -0.4 is 5.32 Å². The maximum atomic E-state index is 12.1. The van der Waals surface area contributed by atoms with Crippen molar-refractivity contribution in [1.29, 1.82) is 0 Å². The van der Waals surface area contributed by atoms with Gasteiger partial charge in [0, 0.05) is 12.5 Å². The van der Waals surface area contributed by atoms with Crippen LogP contribution in [0.25, 0.3) is 10.2 Å². The van der Waals surface area contributed by atoms with Gasteiger partial charge < -0.3 is 15.2 Å². The molecule has 1 amide bonds. The Kier molecular flexibility index (Phi) is 5.70. The molecule has 2 heterocycles. The number of carboxylic acids is 1. The van der Waals surface area contributed by atoms with Crippen molar-refractivity contribution in [2.45, 2.75) is 23.2 Å². The molecule has 2 aromatic rings. The average Bonchev–Trinajstić information content (AvgIpc) is 3.01. The summed E-state index contributed by atoms with van der Waals surface area (Å²) in [4.78, 5) is 28.0. The zero-order valence-corrected chi connectivity index (χ0v) is 14.6. The Bertz CT molecular complexity index is 695. The second kappa shape index (κ2) is 7.96. The summed E-state index contributed by atoms with van der Waals surface area (Å²) in [5, 5.41) is 12.0. The van der Waals surface area contributed by atoms with Crippen LogP contribution in [0, 0.1) is 5.92 Å². The number of benzene rings is 1. The van der Waals surface area contributed by atoms with Crippen LogP contribution in [0.2, 0.25) is 0 Å². The number of thioether (sulfide) groups is 1. The lowest BCUT2D eigenvalue weighted by molar-refractivity contribution is -0.144. The van der Waals surface area contributed by atoms with E-state index in [4.69, 9.17) is 4.74 Å². The largest absolute Gasteiger partial charge is 0.480 e. The topological polar surface area (TPSA) is 88.5 Å². The van der Waals surface area contributed by atoms with Crippen LogP contribution in [0.5, 0.6) is 0 Å². The predicted molar refractivity (Wildman–Crippen MR) is 93.5 cm³/mol. The number of rotatable bonds is 6. The van der Waals surface area contributed by atoms with Crippen LogP contribution in [-0.2, 0) is 14.3 Å². The summed E-state index contributed by atoms with van der Waals surface area (Å²) in [6.45, 7) is 1.03. The van der Waals surface area contributed by atoms with Crippen molar-refractivity contribution in [3.8, 4) is 0 Å². The number of ether oxygens (including phenoxy) is 1. The molecule has 1 fully saturated rings. The van der Waals surface area contributed by atoms with Gasteiger partial charge in [-0.05, 0) is 25.0 Å². The van der Waals surface area contributed by atoms with E-state index in [1.165, 1.54) is 23.1 Å². The minimum atomic E-state index is -1.01. The first-order valence-electron chi connectivity index (χ1n) is 7.72. The summed E-state index contributed by atoms with van der Waals surface area (Å²) in [7, 11) is 0. The summed E-state index contributed by atoms with van der Waals surface area (Å²) in [5.41, 5.74) is 0.910. The molecule has 2 unspecified atom stereocenters. The lowest BCUT2D eigenvalue weighted by Gasteiger charge is -2.28. The first-order valence-corrected chi connectivity index (χ1v) is 9.52. The van der Waals surface area contributed by atoms with Crippen molar-refractivity contribution in [2.24, 2.45) is 5.92 Å². The molecule has 0 radical (unpaired) electrons. The van der Waals surface area contributed by atoms with Crippen molar-refractivity contribution in [2.75, 3.05) is 19.0 Å². The fraction of sp³-hybridized carbons (Fsp3) is 0.438. The zero-order valence-electron chi connectivity index (χ0n) is 12.9. The summed E-state index contributed by atoms with van der Waals surface area (Å²) < 4.78 is 7.21. The van der Waals surface area contributed by atoms with E-state index in [0.29, 0.717) is 13.2 Å². The van der Waals surface area contributed by atoms with Crippen LogP contribution in [0.1, 0.15) is 12.8 Å². The Balaban J connectivity index is 1.56. The Morgan fingerprint density at radius 2 is 2.29 bits per heavy atom. The van der Waals surface area contributed by atoms with E-state index in [1.54, 1.807) is 0 Å². The van der Waals surface area contributed by atoms with E-state index in [9.17, 15) is 14.7 Å². The summed E-state index contributed by atoms with van der Waals surface area (Å²) in [6.07, 6.45) is 1.58. The molecule has 0 bridgehead atoms. The predicted octanol–water partition coefficient (Wildman–Crippen LogP) is 2.38. The highest BCUT2D eigenvalue weighted by Crippen LogP contribution is 2.29. The molecule has 0 aliphatic carbocycles. The van der Waals surface area contributed by atoms with E-state index in [-0.39, 0.29) is 17.6 Å². The van der Waals surface area contributed by atoms with Crippen LogP contribution in [-0.4, -0.2) is 47.0 Å². The Morgan fingerprint density at radius 1 is 1.46 bits per heavy atom. The fourth-order valence-electron chi connectivity index (χ4n) is 2.66. The van der Waals surface area contributed by atoms with E-state index in [0.717, 1.165) is 27.4 Å². The molecule has 1 aromatic heterocycles. The number of para-hydroxylation sites is 1. The van der Waals surface area contributed by atoms with Gasteiger partial charge in [0.1, 0.15) is 6.04 Å². The van der Waals surface area contributed by atoms with Gasteiger partial charge in [-0.25, -0.2) is 9.78 Å². The fourth-order valence-corrected chi connectivity index (χ4v) is 4.54. The molecule has 128 valence electrons. The normalized spacial score (nSPS) is 19.1. The van der Waals surface area contributed by atoms with Crippen LogP contribution >= 0.6 is 23.1 Å². The van der Waals surface area contributed by atoms with Crippen LogP contribution in [0.3, 0.4) is 0 Å². The molecule has 8 heteroatoms. The number of carbonyl (C=O) groups excluding carboxylic acids is 1. The van der Waals surface area contributed by atoms with E-state index in [1.807, 2.05) is 24.3 Å². The average molecular weight is 366 g/mol. The number of fused-ring (bicyclic) bond motifs is 1. The second-order valence-corrected chi connectivity index (χ2v) is 7.85. The van der Waals surface area contributed by atoms with Crippen molar-refractivity contribution >= 4 is 45.2 Å². The third kappa shape index (κ3) is 4.25. The van der Waals surface area contributed by atoms with Gasteiger partial charge in [0.25, 0.3) is 0 Å². The number of hydrogen-bond acceptors (Lipinski definition) is 6. The number of hydrogen-bond donors (Lipinski definition) is 2. The summed E-state index contributed by atoms with van der Waals surface area (Å²) in [5.74, 6) is -1.33. The second-order valence-electron chi connectivity index (χ2n) is 5.60. The van der Waals surface area contributed by atoms with Crippen molar-refractivity contribution in [3.63, 3.8) is 0 Å². The molecule has 2 N–H and O–H groups in total. The highest BCUT2D eigenvalue weighted by atomic mass is 32.2. The van der Waals surface area contributed by atoms with Gasteiger partial charge >= 0.3 is 5.97 Å². The summed E-state index contributed by atoms with van der Waals surface area (Å²) >= 11 is 2.85. The van der Waals surface area contributed by atoms with E-state index >= 15 is 0 Å². The van der Waals surface area contributed by atoms with Gasteiger partial charge in [-0.2, -0.15) is 0 Å². The molecule has 24 heavy (non-hydrogen) atoms. The highest BCUT2D eigenvalue weighted by molar-refractivity contribution is 8.01. The zero-order chi connectivity index (χ0) is 16.9. The van der Waals surface area contributed by atoms with Crippen molar-refractivity contribution in [3.05, 3.63) is 24.3 Å². The first kappa shape index (κ1) is 17.2. The number of nitrogens with one attached hydrogen (secondary N) is 1. The van der Waals surface area contributed by atoms with E-state index in [2.05, 4.69) is 10.3 Å². The molecule has 1 aromatic carbocycles. The molecule has 1 saturated heterocycles. The summed E-state index contributed by atoms with van der Waals surface area (Å²) in [6, 6.07) is 6.90. The first-order chi connectivity index (χ1) is 11.6. The van der Waals surface area contributed by atoms with E-state index < -0.39 is 12.0 Å². The lowest BCUT2D eigenvalue weighted by atomic mass is 9.94. The smallest absolute Gasteiger partial charge is 0.326 e. The Morgan fingerprint density at radius 3 is 3.00 bits per heavy atom. The number of aliphatic carboxylic acids is 1. The third-order valence-corrected chi connectivity index (χ3v) is 6.03. The molecule has 6 nitrogen and oxygen atoms in total. The lowest BCUT2D eigenvalue weighted by Crippen LogP contribution is -2.48. The van der Waals surface area contributed by atoms with Gasteiger partial charge in [0.15, 0.2) is 4.34 Å². The van der Waals surface area contributed by atoms with Gasteiger partial charge in [-0.1, -0.05) is 23.9 Å². The number of carboxylic acid groups (broad SMARTS) is 1. The molecular weight excluding hydrogens is 348 g/mol. The monoisotopic (exact) mass is 366 g/mol. The number of nitrogens with zero attached hydrogens (tertiary/aromatic N) is 1. The molecule has 3 rings (SSSR count). The van der Waals surface area contributed by atoms with Gasteiger partial charge in [-0.15, -0.1) is 11.3 Å². The van der Waals surface area contributed by atoms with Crippen molar-refractivity contribution in [1.82, 2.24) is 10.3 Å². The number of carbonyl (C=O) groups is 2. The van der Waals surface area contributed by atoms with Crippen LogP contribution in [0.15, 0.2) is 28.6 Å². The number of thiazole rings is 1. The van der Waals surface area contributed by atoms with Crippen LogP contribution in [0.4, 0.5) is 0 Å². The molecule has 1 aliphatic heterocycles. The van der Waals surface area contributed by atoms with Gasteiger partial charge in [0.05, 0.1) is 22.6 Å². The molecule has 2 atom stereocenters. The molecule has 1 aliphatic rings. The number of aromatic nitrogens is 1.